The average molecular weight is 311 g/mol. The van der Waals surface area contributed by atoms with E-state index in [2.05, 4.69) is 11.1 Å². The normalized spacial score (nSPS) is 22.3. The minimum atomic E-state index is -0.350. The van der Waals surface area contributed by atoms with Gasteiger partial charge >= 0.3 is 0 Å². The van der Waals surface area contributed by atoms with Crippen LogP contribution in [0, 0.1) is 0 Å². The zero-order valence-corrected chi connectivity index (χ0v) is 13.5. The van der Waals surface area contributed by atoms with Crippen LogP contribution in [-0.4, -0.2) is 45.2 Å². The number of nitrogens with one attached hydrogen (secondary N) is 1. The lowest BCUT2D eigenvalue weighted by atomic mass is 9.93. The fourth-order valence-corrected chi connectivity index (χ4v) is 3.79. The molecule has 2 amide bonds. The van der Waals surface area contributed by atoms with E-state index in [0.29, 0.717) is 13.0 Å². The second kappa shape index (κ2) is 5.11. The Morgan fingerprint density at radius 3 is 2.83 bits per heavy atom. The molecule has 2 atom stereocenters. The molecule has 3 heterocycles. The van der Waals surface area contributed by atoms with Gasteiger partial charge in [0.2, 0.25) is 11.8 Å². The van der Waals surface area contributed by atoms with Gasteiger partial charge < -0.3 is 14.8 Å². The molecule has 0 unspecified atom stereocenters. The van der Waals surface area contributed by atoms with E-state index < -0.39 is 0 Å². The van der Waals surface area contributed by atoms with Crippen LogP contribution in [-0.2, 0) is 22.6 Å². The Bertz CT molecular complexity index is 795. The molecule has 23 heavy (non-hydrogen) atoms. The standard InChI is InChI=1S/C18H21N3O2/c1-3-11(2)20-10-17(22)21-9-15-13(8-16(21)18(20)23)12-6-4-5-7-14(12)19-15/h4-7,11,16,19H,3,8-10H2,1-2H3/t11-,16-/m1/s1. The minimum Gasteiger partial charge on any atom is -0.357 e. The largest absolute Gasteiger partial charge is 0.357 e. The number of carbonyl (C=O) groups excluding carboxylic acids is 2. The maximum Gasteiger partial charge on any atom is 0.246 e. The SMILES string of the molecule is CC[C@@H](C)N1CC(=O)N2Cc3[nH]c4ccccc4c3C[C@@H]2C1=O. The number of para-hydroxylation sites is 1. The van der Waals surface area contributed by atoms with Crippen molar-refractivity contribution in [2.24, 2.45) is 0 Å². The van der Waals surface area contributed by atoms with Crippen LogP contribution in [0.3, 0.4) is 0 Å². The first-order chi connectivity index (χ1) is 11.1. The molecule has 0 radical (unpaired) electrons. The van der Waals surface area contributed by atoms with Gasteiger partial charge in [0.15, 0.2) is 0 Å². The van der Waals surface area contributed by atoms with Crippen molar-refractivity contribution in [3.8, 4) is 0 Å². The second-order valence-electron chi connectivity index (χ2n) is 6.59. The first kappa shape index (κ1) is 14.3. The highest BCUT2D eigenvalue weighted by atomic mass is 16.2. The number of aromatic amines is 1. The highest BCUT2D eigenvalue weighted by molar-refractivity contribution is 5.97. The van der Waals surface area contributed by atoms with Crippen molar-refractivity contribution in [2.45, 2.75) is 45.3 Å². The van der Waals surface area contributed by atoms with Crippen molar-refractivity contribution in [3.63, 3.8) is 0 Å². The van der Waals surface area contributed by atoms with Gasteiger partial charge in [0.05, 0.1) is 6.54 Å². The van der Waals surface area contributed by atoms with E-state index in [-0.39, 0.29) is 30.4 Å². The fraction of sp³-hybridized carbons (Fsp3) is 0.444. The predicted molar refractivity (Wildman–Crippen MR) is 87.8 cm³/mol. The Hall–Kier alpha value is -2.30. The second-order valence-corrected chi connectivity index (χ2v) is 6.59. The Morgan fingerprint density at radius 1 is 1.26 bits per heavy atom. The molecule has 1 aromatic heterocycles. The average Bonchev–Trinajstić information content (AvgIpc) is 2.93. The van der Waals surface area contributed by atoms with Crippen LogP contribution in [0.1, 0.15) is 31.5 Å². The monoisotopic (exact) mass is 311 g/mol. The Balaban J connectivity index is 1.74. The quantitative estimate of drug-likeness (QED) is 0.923. The summed E-state index contributed by atoms with van der Waals surface area (Å²) in [5, 5.41) is 1.17. The summed E-state index contributed by atoms with van der Waals surface area (Å²) < 4.78 is 0. The Morgan fingerprint density at radius 2 is 2.04 bits per heavy atom. The molecular weight excluding hydrogens is 290 g/mol. The molecule has 2 aromatic rings. The van der Waals surface area contributed by atoms with E-state index in [1.54, 1.807) is 9.80 Å². The molecule has 5 heteroatoms. The first-order valence-corrected chi connectivity index (χ1v) is 8.28. The summed E-state index contributed by atoms with van der Waals surface area (Å²) in [6.07, 6.45) is 1.47. The van der Waals surface area contributed by atoms with Gasteiger partial charge in [-0.15, -0.1) is 0 Å². The van der Waals surface area contributed by atoms with Gasteiger partial charge in [0.1, 0.15) is 12.6 Å². The van der Waals surface area contributed by atoms with Gasteiger partial charge in [-0.05, 0) is 25.0 Å². The third-order valence-electron chi connectivity index (χ3n) is 5.32. The van der Waals surface area contributed by atoms with Crippen molar-refractivity contribution < 1.29 is 9.59 Å². The number of amides is 2. The van der Waals surface area contributed by atoms with Gasteiger partial charge in [-0.2, -0.15) is 0 Å². The summed E-state index contributed by atoms with van der Waals surface area (Å²) >= 11 is 0. The lowest BCUT2D eigenvalue weighted by Crippen LogP contribution is -2.63. The lowest BCUT2D eigenvalue weighted by Gasteiger charge is -2.44. The number of carbonyl (C=O) groups is 2. The number of benzene rings is 1. The number of piperazine rings is 1. The maximum atomic E-state index is 12.9. The molecule has 0 bridgehead atoms. The maximum absolute atomic E-state index is 12.9. The molecule has 120 valence electrons. The molecule has 2 aliphatic heterocycles. The zero-order valence-electron chi connectivity index (χ0n) is 13.5. The van der Waals surface area contributed by atoms with Gasteiger partial charge in [-0.1, -0.05) is 25.1 Å². The summed E-state index contributed by atoms with van der Waals surface area (Å²) in [7, 11) is 0. The van der Waals surface area contributed by atoms with E-state index >= 15 is 0 Å². The van der Waals surface area contributed by atoms with Crippen molar-refractivity contribution in [2.75, 3.05) is 6.54 Å². The third-order valence-corrected chi connectivity index (χ3v) is 5.32. The van der Waals surface area contributed by atoms with Crippen LogP contribution in [0.15, 0.2) is 24.3 Å². The summed E-state index contributed by atoms with van der Waals surface area (Å²) in [5.74, 6) is 0.147. The summed E-state index contributed by atoms with van der Waals surface area (Å²) in [6, 6.07) is 7.90. The molecule has 0 spiro atoms. The number of nitrogens with zero attached hydrogens (tertiary/aromatic N) is 2. The van der Waals surface area contributed by atoms with E-state index in [9.17, 15) is 9.59 Å². The van der Waals surface area contributed by atoms with E-state index in [1.807, 2.05) is 32.0 Å². The molecule has 1 N–H and O–H groups in total. The molecular formula is C18H21N3O2. The first-order valence-electron chi connectivity index (χ1n) is 8.28. The van der Waals surface area contributed by atoms with Crippen molar-refractivity contribution >= 4 is 22.7 Å². The van der Waals surface area contributed by atoms with Crippen LogP contribution in [0.4, 0.5) is 0 Å². The Labute approximate surface area is 135 Å². The van der Waals surface area contributed by atoms with Crippen LogP contribution in [0.25, 0.3) is 10.9 Å². The molecule has 4 rings (SSSR count). The number of aromatic nitrogens is 1. The van der Waals surface area contributed by atoms with Gasteiger partial charge in [0.25, 0.3) is 0 Å². The number of rotatable bonds is 2. The van der Waals surface area contributed by atoms with Crippen LogP contribution < -0.4 is 0 Å². The number of fused-ring (bicyclic) bond motifs is 4. The molecule has 2 aliphatic rings. The molecule has 0 saturated carbocycles. The Kier molecular flexibility index (Phi) is 3.18. The predicted octanol–water partition coefficient (Wildman–Crippen LogP) is 2.06. The summed E-state index contributed by atoms with van der Waals surface area (Å²) in [5.41, 5.74) is 3.34. The molecule has 5 nitrogen and oxygen atoms in total. The van der Waals surface area contributed by atoms with E-state index in [0.717, 1.165) is 17.6 Å². The summed E-state index contributed by atoms with van der Waals surface area (Å²) in [6.45, 7) is 4.78. The number of H-pyrrole nitrogens is 1. The summed E-state index contributed by atoms with van der Waals surface area (Å²) in [4.78, 5) is 32.4. The minimum absolute atomic E-state index is 0.0548. The van der Waals surface area contributed by atoms with Crippen LogP contribution in [0.5, 0.6) is 0 Å². The zero-order chi connectivity index (χ0) is 16.1. The van der Waals surface area contributed by atoms with E-state index in [4.69, 9.17) is 0 Å². The van der Waals surface area contributed by atoms with Crippen LogP contribution >= 0.6 is 0 Å². The van der Waals surface area contributed by atoms with Gasteiger partial charge in [-0.3, -0.25) is 9.59 Å². The van der Waals surface area contributed by atoms with Gasteiger partial charge in [-0.25, -0.2) is 0 Å². The highest BCUT2D eigenvalue weighted by Gasteiger charge is 2.43. The van der Waals surface area contributed by atoms with Gasteiger partial charge in [0, 0.05) is 29.1 Å². The molecule has 1 saturated heterocycles. The molecule has 0 aliphatic carbocycles. The van der Waals surface area contributed by atoms with Crippen LogP contribution in [0.2, 0.25) is 0 Å². The third kappa shape index (κ3) is 2.06. The lowest BCUT2D eigenvalue weighted by molar-refractivity contribution is -0.159. The van der Waals surface area contributed by atoms with Crippen molar-refractivity contribution in [1.82, 2.24) is 14.8 Å². The number of hydrogen-bond acceptors (Lipinski definition) is 2. The number of hydrogen-bond donors (Lipinski definition) is 1. The van der Waals surface area contributed by atoms with Crippen molar-refractivity contribution in [3.05, 3.63) is 35.5 Å². The topological polar surface area (TPSA) is 56.4 Å². The van der Waals surface area contributed by atoms with Crippen molar-refractivity contribution in [1.29, 1.82) is 0 Å². The smallest absolute Gasteiger partial charge is 0.246 e. The van der Waals surface area contributed by atoms with E-state index in [1.165, 1.54) is 10.9 Å². The fourth-order valence-electron chi connectivity index (χ4n) is 3.79. The molecule has 1 aromatic carbocycles. The highest BCUT2D eigenvalue weighted by Crippen LogP contribution is 2.32. The molecule has 1 fully saturated rings.